The second-order valence-corrected chi connectivity index (χ2v) is 4.81. The molecule has 0 spiro atoms. The first-order chi connectivity index (χ1) is 8.56. The highest BCUT2D eigenvalue weighted by molar-refractivity contribution is 9.10. The van der Waals surface area contributed by atoms with Gasteiger partial charge in [0.15, 0.2) is 0 Å². The van der Waals surface area contributed by atoms with Gasteiger partial charge in [-0.1, -0.05) is 0 Å². The average Bonchev–Trinajstić information content (AvgIpc) is 2.34. The van der Waals surface area contributed by atoms with Gasteiger partial charge in [0.2, 0.25) is 11.8 Å². The minimum Gasteiger partial charge on any atom is -0.353 e. The zero-order valence-corrected chi connectivity index (χ0v) is 11.4. The van der Waals surface area contributed by atoms with Crippen LogP contribution in [0.1, 0.15) is 5.56 Å². The van der Waals surface area contributed by atoms with E-state index in [1.165, 1.54) is 0 Å². The highest BCUT2D eigenvalue weighted by atomic mass is 79.9. The van der Waals surface area contributed by atoms with Crippen molar-refractivity contribution >= 4 is 33.4 Å². The number of nitrogens with one attached hydrogen (secondary N) is 3. The summed E-state index contributed by atoms with van der Waals surface area (Å²) in [6.45, 7) is 2.36. The van der Waals surface area contributed by atoms with Crippen LogP contribution in [0.2, 0.25) is 0 Å². The van der Waals surface area contributed by atoms with Crippen LogP contribution in [0.15, 0.2) is 16.9 Å². The molecule has 1 aromatic heterocycles. The van der Waals surface area contributed by atoms with Crippen molar-refractivity contribution in [2.45, 2.75) is 13.0 Å². The Bertz CT molecular complexity index is 482. The number of pyridine rings is 1. The van der Waals surface area contributed by atoms with Crippen molar-refractivity contribution in [2.24, 2.45) is 0 Å². The molecule has 18 heavy (non-hydrogen) atoms. The Morgan fingerprint density at radius 3 is 3.00 bits per heavy atom. The van der Waals surface area contributed by atoms with Gasteiger partial charge >= 0.3 is 0 Å². The first-order valence-corrected chi connectivity index (χ1v) is 6.28. The molecule has 3 N–H and O–H groups in total. The number of aromatic nitrogens is 1. The van der Waals surface area contributed by atoms with Crippen molar-refractivity contribution in [1.82, 2.24) is 15.6 Å². The van der Waals surface area contributed by atoms with Crippen molar-refractivity contribution in [1.29, 1.82) is 0 Å². The predicted molar refractivity (Wildman–Crippen MR) is 70.1 cm³/mol. The molecule has 1 fully saturated rings. The third kappa shape index (κ3) is 3.05. The largest absolute Gasteiger partial charge is 0.353 e. The third-order valence-corrected chi connectivity index (χ3v) is 3.44. The van der Waals surface area contributed by atoms with Crippen molar-refractivity contribution in [3.05, 3.63) is 22.4 Å². The Labute approximate surface area is 113 Å². The van der Waals surface area contributed by atoms with Gasteiger partial charge in [0, 0.05) is 6.54 Å². The molecule has 1 unspecified atom stereocenters. The summed E-state index contributed by atoms with van der Waals surface area (Å²) < 4.78 is 0.753. The van der Waals surface area contributed by atoms with E-state index in [0.29, 0.717) is 12.2 Å². The molecule has 0 bridgehead atoms. The lowest BCUT2D eigenvalue weighted by atomic mass is 10.2. The quantitative estimate of drug-likeness (QED) is 0.680. The molecule has 0 aromatic carbocycles. The number of nitrogens with zero attached hydrogens (tertiary/aromatic N) is 1. The van der Waals surface area contributed by atoms with Gasteiger partial charge in [-0.3, -0.25) is 14.9 Å². The van der Waals surface area contributed by atoms with Gasteiger partial charge in [-0.25, -0.2) is 4.98 Å². The highest BCUT2D eigenvalue weighted by Crippen LogP contribution is 2.16. The lowest BCUT2D eigenvalue weighted by Crippen LogP contribution is -2.56. The maximum Gasteiger partial charge on any atom is 0.243 e. The van der Waals surface area contributed by atoms with Crippen molar-refractivity contribution in [3.63, 3.8) is 0 Å². The molecule has 6 nitrogen and oxygen atoms in total. The monoisotopic (exact) mass is 312 g/mol. The molecule has 1 aromatic rings. The molecule has 0 saturated carbocycles. The molecule has 2 amide bonds. The van der Waals surface area contributed by atoms with Gasteiger partial charge in [0.1, 0.15) is 10.6 Å². The summed E-state index contributed by atoms with van der Waals surface area (Å²) in [5.74, 6) is -0.279. The Morgan fingerprint density at radius 1 is 1.61 bits per heavy atom. The number of carbonyl (C=O) groups is 2. The fourth-order valence-corrected chi connectivity index (χ4v) is 1.82. The fourth-order valence-electron chi connectivity index (χ4n) is 1.61. The topological polar surface area (TPSA) is 83.1 Å². The molecule has 1 saturated heterocycles. The van der Waals surface area contributed by atoms with E-state index in [1.54, 1.807) is 6.20 Å². The molecule has 1 aliphatic heterocycles. The number of carbonyl (C=O) groups excluding carboxylic acids is 2. The molecule has 0 aliphatic carbocycles. The summed E-state index contributed by atoms with van der Waals surface area (Å²) >= 11 is 3.30. The summed E-state index contributed by atoms with van der Waals surface area (Å²) in [5.41, 5.74) is 1.58. The molecule has 1 aliphatic rings. The molecule has 2 heterocycles. The van der Waals surface area contributed by atoms with Crippen LogP contribution in [0.5, 0.6) is 0 Å². The Balaban J connectivity index is 1.98. The van der Waals surface area contributed by atoms with Crippen molar-refractivity contribution in [3.8, 4) is 0 Å². The van der Waals surface area contributed by atoms with E-state index in [2.05, 4.69) is 36.9 Å². The highest BCUT2D eigenvalue weighted by Gasteiger charge is 2.23. The van der Waals surface area contributed by atoms with Gasteiger partial charge < -0.3 is 10.6 Å². The van der Waals surface area contributed by atoms with Crippen LogP contribution in [0.3, 0.4) is 0 Å². The second kappa shape index (κ2) is 5.45. The summed E-state index contributed by atoms with van der Waals surface area (Å²) in [4.78, 5) is 27.0. The van der Waals surface area contributed by atoms with Crippen LogP contribution in [-0.2, 0) is 9.59 Å². The molecule has 96 valence electrons. The molecule has 1 atom stereocenters. The van der Waals surface area contributed by atoms with Crippen LogP contribution in [0, 0.1) is 6.92 Å². The number of piperazine rings is 1. The smallest absolute Gasteiger partial charge is 0.243 e. The Hall–Kier alpha value is -1.47. The van der Waals surface area contributed by atoms with Gasteiger partial charge in [-0.15, -0.1) is 0 Å². The van der Waals surface area contributed by atoms with Gasteiger partial charge in [0.25, 0.3) is 0 Å². The van der Waals surface area contributed by atoms with Gasteiger partial charge in [-0.2, -0.15) is 0 Å². The van der Waals surface area contributed by atoms with Gasteiger partial charge in [0.05, 0.1) is 18.4 Å². The summed E-state index contributed by atoms with van der Waals surface area (Å²) in [6, 6.07) is 1.42. The summed E-state index contributed by atoms with van der Waals surface area (Å²) in [7, 11) is 0. The Kier molecular flexibility index (Phi) is 3.93. The zero-order chi connectivity index (χ0) is 13.1. The van der Waals surface area contributed by atoms with E-state index in [4.69, 9.17) is 0 Å². The number of halogens is 1. The van der Waals surface area contributed by atoms with E-state index in [9.17, 15) is 9.59 Å². The first-order valence-electron chi connectivity index (χ1n) is 5.49. The summed E-state index contributed by atoms with van der Waals surface area (Å²) in [5, 5.41) is 8.25. The number of aryl methyl sites for hydroxylation is 1. The summed E-state index contributed by atoms with van der Waals surface area (Å²) in [6.07, 6.45) is 1.58. The maximum absolute atomic E-state index is 11.9. The van der Waals surface area contributed by atoms with Crippen molar-refractivity contribution in [2.75, 3.05) is 18.4 Å². The molecule has 7 heteroatoms. The minimum atomic E-state index is -0.411. The number of rotatable bonds is 2. The number of amides is 2. The SMILES string of the molecule is Cc1cc(NC(=O)C2CNC(=O)CN2)cnc1Br. The minimum absolute atomic E-state index is 0.0970. The van der Waals surface area contributed by atoms with E-state index >= 15 is 0 Å². The fraction of sp³-hybridized carbons (Fsp3) is 0.364. The predicted octanol–water partition coefficient (Wildman–Crippen LogP) is 0.179. The number of anilines is 1. The average molecular weight is 313 g/mol. The second-order valence-electron chi connectivity index (χ2n) is 4.06. The van der Waals surface area contributed by atoms with E-state index in [1.807, 2.05) is 13.0 Å². The molecule has 2 rings (SSSR count). The molecular formula is C11H13BrN4O2. The van der Waals surface area contributed by atoms with E-state index in [0.717, 1.165) is 10.2 Å². The standard InChI is InChI=1S/C11H13BrN4O2/c1-6-2-7(3-15-10(6)12)16-11(18)8-4-14-9(17)5-13-8/h2-3,8,13H,4-5H2,1H3,(H,14,17)(H,16,18). The third-order valence-electron chi connectivity index (χ3n) is 2.61. The number of hydrogen-bond donors (Lipinski definition) is 3. The normalized spacial score (nSPS) is 19.2. The van der Waals surface area contributed by atoms with Crippen LogP contribution in [-0.4, -0.2) is 35.9 Å². The number of hydrogen-bond acceptors (Lipinski definition) is 4. The van der Waals surface area contributed by atoms with Crippen LogP contribution >= 0.6 is 15.9 Å². The van der Waals surface area contributed by atoms with E-state index < -0.39 is 6.04 Å². The Morgan fingerprint density at radius 2 is 2.39 bits per heavy atom. The lowest BCUT2D eigenvalue weighted by Gasteiger charge is -2.23. The first kappa shape index (κ1) is 13.0. The van der Waals surface area contributed by atoms with Crippen LogP contribution in [0.25, 0.3) is 0 Å². The van der Waals surface area contributed by atoms with E-state index in [-0.39, 0.29) is 18.4 Å². The van der Waals surface area contributed by atoms with Gasteiger partial charge in [-0.05, 0) is 34.5 Å². The van der Waals surface area contributed by atoms with Crippen LogP contribution in [0.4, 0.5) is 5.69 Å². The zero-order valence-electron chi connectivity index (χ0n) is 9.79. The van der Waals surface area contributed by atoms with Crippen LogP contribution < -0.4 is 16.0 Å². The van der Waals surface area contributed by atoms with Crippen molar-refractivity contribution < 1.29 is 9.59 Å². The molecule has 0 radical (unpaired) electrons. The lowest BCUT2D eigenvalue weighted by molar-refractivity contribution is -0.124. The molecular weight excluding hydrogens is 300 g/mol. The maximum atomic E-state index is 11.9.